The van der Waals surface area contributed by atoms with Crippen molar-refractivity contribution < 1.29 is 23.8 Å². The van der Waals surface area contributed by atoms with E-state index in [4.69, 9.17) is 14.6 Å². The molecule has 1 N–H and O–H groups in total. The van der Waals surface area contributed by atoms with E-state index in [0.29, 0.717) is 12.2 Å². The highest BCUT2D eigenvalue weighted by molar-refractivity contribution is 5.87. The highest BCUT2D eigenvalue weighted by Crippen LogP contribution is 2.15. The number of carboxylic acids is 1. The van der Waals surface area contributed by atoms with Crippen LogP contribution in [0.15, 0.2) is 18.2 Å². The fourth-order valence-electron chi connectivity index (χ4n) is 2.10. The van der Waals surface area contributed by atoms with Gasteiger partial charge < -0.3 is 14.6 Å². The zero-order chi connectivity index (χ0) is 13.7. The third-order valence-corrected chi connectivity index (χ3v) is 3.05. The second-order valence-electron chi connectivity index (χ2n) is 4.66. The molecule has 5 heteroatoms. The summed E-state index contributed by atoms with van der Waals surface area (Å²) in [7, 11) is 0. The minimum Gasteiger partial charge on any atom is -0.478 e. The predicted molar refractivity (Wildman–Crippen MR) is 66.6 cm³/mol. The first-order chi connectivity index (χ1) is 9.15. The maximum absolute atomic E-state index is 13.2. The van der Waals surface area contributed by atoms with Crippen LogP contribution in [0.5, 0.6) is 0 Å². The van der Waals surface area contributed by atoms with Crippen molar-refractivity contribution in [1.29, 1.82) is 0 Å². The van der Waals surface area contributed by atoms with Gasteiger partial charge in [0.1, 0.15) is 5.82 Å². The zero-order valence-electron chi connectivity index (χ0n) is 10.6. The first-order valence-electron chi connectivity index (χ1n) is 6.37. The Bertz CT molecular complexity index is 441. The average molecular weight is 268 g/mol. The quantitative estimate of drug-likeness (QED) is 0.891. The molecule has 1 aromatic rings. The Hall–Kier alpha value is -1.46. The number of hydrogen-bond donors (Lipinski definition) is 1. The van der Waals surface area contributed by atoms with Crippen molar-refractivity contribution in [2.24, 2.45) is 0 Å². The van der Waals surface area contributed by atoms with E-state index in [2.05, 4.69) is 0 Å². The first kappa shape index (κ1) is 14.0. The van der Waals surface area contributed by atoms with Crippen LogP contribution in [0.2, 0.25) is 0 Å². The molecule has 104 valence electrons. The maximum atomic E-state index is 13.2. The van der Waals surface area contributed by atoms with Gasteiger partial charge in [-0.25, -0.2) is 9.18 Å². The molecule has 1 fully saturated rings. The summed E-state index contributed by atoms with van der Waals surface area (Å²) in [5, 5.41) is 8.84. The molecule has 0 saturated carbocycles. The number of halogens is 1. The monoisotopic (exact) mass is 268 g/mol. The van der Waals surface area contributed by atoms with Gasteiger partial charge in [-0.15, -0.1) is 0 Å². The van der Waals surface area contributed by atoms with E-state index < -0.39 is 11.8 Å². The van der Waals surface area contributed by atoms with Gasteiger partial charge in [0.25, 0.3) is 0 Å². The highest BCUT2D eigenvalue weighted by atomic mass is 19.1. The average Bonchev–Trinajstić information content (AvgIpc) is 2.39. The van der Waals surface area contributed by atoms with Crippen molar-refractivity contribution >= 4 is 5.97 Å². The molecule has 1 heterocycles. The van der Waals surface area contributed by atoms with Gasteiger partial charge in [0, 0.05) is 6.61 Å². The molecule has 4 nitrogen and oxygen atoms in total. The van der Waals surface area contributed by atoms with Crippen LogP contribution in [0.1, 0.15) is 35.2 Å². The lowest BCUT2D eigenvalue weighted by molar-refractivity contribution is -0.0448. The van der Waals surface area contributed by atoms with Crippen LogP contribution in [0.25, 0.3) is 0 Å². The molecule has 0 spiro atoms. The second-order valence-corrected chi connectivity index (χ2v) is 4.66. The van der Waals surface area contributed by atoms with Gasteiger partial charge >= 0.3 is 5.97 Å². The van der Waals surface area contributed by atoms with Gasteiger partial charge in [0.15, 0.2) is 0 Å². The zero-order valence-corrected chi connectivity index (χ0v) is 10.6. The van der Waals surface area contributed by atoms with Crippen LogP contribution >= 0.6 is 0 Å². The number of rotatable bonds is 5. The molecule has 1 atom stereocenters. The minimum atomic E-state index is -1.14. The Morgan fingerprint density at radius 3 is 2.95 bits per heavy atom. The fraction of sp³-hybridized carbons (Fsp3) is 0.500. The van der Waals surface area contributed by atoms with Crippen molar-refractivity contribution in [3.63, 3.8) is 0 Å². The van der Waals surface area contributed by atoms with Gasteiger partial charge in [-0.05, 0) is 43.0 Å². The lowest BCUT2D eigenvalue weighted by Gasteiger charge is -2.22. The Kier molecular flexibility index (Phi) is 4.87. The molecular formula is C14H17FO4. The summed E-state index contributed by atoms with van der Waals surface area (Å²) in [5.41, 5.74) is 0.459. The molecule has 1 aromatic carbocycles. The summed E-state index contributed by atoms with van der Waals surface area (Å²) in [5.74, 6) is -1.70. The van der Waals surface area contributed by atoms with Crippen molar-refractivity contribution in [2.45, 2.75) is 32.0 Å². The van der Waals surface area contributed by atoms with Crippen LogP contribution < -0.4 is 0 Å². The van der Waals surface area contributed by atoms with E-state index >= 15 is 0 Å². The highest BCUT2D eigenvalue weighted by Gasteiger charge is 2.14. The lowest BCUT2D eigenvalue weighted by Crippen LogP contribution is -2.24. The number of carboxylic acid groups (broad SMARTS) is 1. The van der Waals surface area contributed by atoms with E-state index in [1.807, 2.05) is 0 Å². The Morgan fingerprint density at radius 1 is 1.42 bits per heavy atom. The molecule has 0 aliphatic carbocycles. The van der Waals surface area contributed by atoms with Crippen molar-refractivity contribution in [3.05, 3.63) is 35.1 Å². The van der Waals surface area contributed by atoms with E-state index in [0.717, 1.165) is 31.9 Å². The van der Waals surface area contributed by atoms with Crippen molar-refractivity contribution in [1.82, 2.24) is 0 Å². The smallest absolute Gasteiger partial charge is 0.335 e. The molecule has 1 aliphatic rings. The molecular weight excluding hydrogens is 251 g/mol. The third-order valence-electron chi connectivity index (χ3n) is 3.05. The topological polar surface area (TPSA) is 55.8 Å². The molecule has 0 amide bonds. The Balaban J connectivity index is 1.86. The van der Waals surface area contributed by atoms with E-state index in [-0.39, 0.29) is 18.3 Å². The van der Waals surface area contributed by atoms with Crippen LogP contribution in [0.4, 0.5) is 4.39 Å². The van der Waals surface area contributed by atoms with Crippen molar-refractivity contribution in [3.8, 4) is 0 Å². The van der Waals surface area contributed by atoms with E-state index in [1.54, 1.807) is 0 Å². The summed E-state index contributed by atoms with van der Waals surface area (Å²) in [6, 6.07) is 3.71. The van der Waals surface area contributed by atoms with Crippen molar-refractivity contribution in [2.75, 3.05) is 13.2 Å². The van der Waals surface area contributed by atoms with Gasteiger partial charge in [-0.2, -0.15) is 0 Å². The molecule has 0 aromatic heterocycles. The van der Waals surface area contributed by atoms with Gasteiger partial charge in [0.2, 0.25) is 0 Å². The Labute approximate surface area is 111 Å². The van der Waals surface area contributed by atoms with Crippen LogP contribution in [-0.4, -0.2) is 30.4 Å². The Morgan fingerprint density at radius 2 is 2.26 bits per heavy atom. The predicted octanol–water partition coefficient (Wildman–Crippen LogP) is 2.61. The number of hydrogen-bond acceptors (Lipinski definition) is 3. The van der Waals surface area contributed by atoms with Crippen LogP contribution in [-0.2, 0) is 16.1 Å². The van der Waals surface area contributed by atoms with Gasteiger partial charge in [-0.1, -0.05) is 0 Å². The van der Waals surface area contributed by atoms with E-state index in [1.165, 1.54) is 12.1 Å². The normalized spacial score (nSPS) is 19.3. The molecule has 0 bridgehead atoms. The first-order valence-corrected chi connectivity index (χ1v) is 6.37. The number of benzene rings is 1. The van der Waals surface area contributed by atoms with E-state index in [9.17, 15) is 9.18 Å². The number of ether oxygens (including phenoxy) is 2. The minimum absolute atomic E-state index is 0.0625. The summed E-state index contributed by atoms with van der Waals surface area (Å²) in [4.78, 5) is 10.8. The molecule has 19 heavy (non-hydrogen) atoms. The largest absolute Gasteiger partial charge is 0.478 e. The maximum Gasteiger partial charge on any atom is 0.335 e. The second kappa shape index (κ2) is 6.63. The number of carbonyl (C=O) groups is 1. The van der Waals surface area contributed by atoms with Crippen LogP contribution in [0, 0.1) is 5.82 Å². The van der Waals surface area contributed by atoms with Gasteiger partial charge in [-0.3, -0.25) is 0 Å². The SMILES string of the molecule is O=C(O)c1cc(F)cc(COCC2CCCCO2)c1. The third kappa shape index (κ3) is 4.29. The van der Waals surface area contributed by atoms with Gasteiger partial charge in [0.05, 0.1) is 24.9 Å². The molecule has 1 saturated heterocycles. The summed E-state index contributed by atoms with van der Waals surface area (Å²) in [6.07, 6.45) is 3.30. The standard InChI is InChI=1S/C14H17FO4/c15-12-6-10(5-11(7-12)14(16)17)8-18-9-13-3-1-2-4-19-13/h5-7,13H,1-4,8-9H2,(H,16,17). The molecule has 0 radical (unpaired) electrons. The molecule has 1 unspecified atom stereocenters. The lowest BCUT2D eigenvalue weighted by atomic mass is 10.1. The van der Waals surface area contributed by atoms with Crippen LogP contribution in [0.3, 0.4) is 0 Å². The summed E-state index contributed by atoms with van der Waals surface area (Å²) in [6.45, 7) is 1.41. The summed E-state index contributed by atoms with van der Waals surface area (Å²) >= 11 is 0. The fourth-order valence-corrected chi connectivity index (χ4v) is 2.10. The molecule has 1 aliphatic heterocycles. The number of aromatic carboxylic acids is 1. The molecule has 2 rings (SSSR count). The summed E-state index contributed by atoms with van der Waals surface area (Å²) < 4.78 is 24.2.